The second-order valence-electron chi connectivity index (χ2n) is 6.91. The van der Waals surface area contributed by atoms with Crippen molar-refractivity contribution in [3.63, 3.8) is 0 Å². The zero-order valence-electron chi connectivity index (χ0n) is 16.8. The van der Waals surface area contributed by atoms with Crippen LogP contribution in [0.15, 0.2) is 24.3 Å². The van der Waals surface area contributed by atoms with Crippen LogP contribution in [0.5, 0.6) is 5.75 Å². The fraction of sp³-hybridized carbons (Fsp3) is 0.682. The highest BCUT2D eigenvalue weighted by Gasteiger charge is 2.02. The van der Waals surface area contributed by atoms with Crippen LogP contribution in [0, 0.1) is 0 Å². The molecule has 1 aromatic carbocycles. The summed E-state index contributed by atoms with van der Waals surface area (Å²) >= 11 is 0. The Kier molecular flexibility index (Phi) is 13.3. The van der Waals surface area contributed by atoms with E-state index in [4.69, 9.17) is 4.74 Å². The number of hydrogen-bond acceptors (Lipinski definition) is 3. The van der Waals surface area contributed by atoms with Gasteiger partial charge in [-0.15, -0.1) is 0 Å². The van der Waals surface area contributed by atoms with Crippen molar-refractivity contribution in [2.45, 2.75) is 78.1 Å². The standard InChI is InChI=1S/C22H38N2O2/c1-3-5-7-9-11-16-23-22(25)19-24-20-14-13-15-21(18-20)26-17-12-10-8-6-4-2/h13-15,18,24H,3-12,16-17,19H2,1-2H3,(H,23,25). The monoisotopic (exact) mass is 362 g/mol. The minimum atomic E-state index is 0.0442. The van der Waals surface area contributed by atoms with Crippen molar-refractivity contribution in [3.8, 4) is 5.75 Å². The van der Waals surface area contributed by atoms with Gasteiger partial charge in [0.25, 0.3) is 0 Å². The van der Waals surface area contributed by atoms with Crippen LogP contribution in [0.25, 0.3) is 0 Å². The van der Waals surface area contributed by atoms with Crippen LogP contribution >= 0.6 is 0 Å². The van der Waals surface area contributed by atoms with Crippen molar-refractivity contribution in [1.29, 1.82) is 0 Å². The van der Waals surface area contributed by atoms with E-state index in [0.29, 0.717) is 6.54 Å². The number of amides is 1. The van der Waals surface area contributed by atoms with Gasteiger partial charge in [0.15, 0.2) is 0 Å². The summed E-state index contributed by atoms with van der Waals surface area (Å²) < 4.78 is 5.80. The third-order valence-corrected chi connectivity index (χ3v) is 4.41. The first-order valence-corrected chi connectivity index (χ1v) is 10.5. The van der Waals surface area contributed by atoms with Gasteiger partial charge in [-0.25, -0.2) is 0 Å². The zero-order valence-corrected chi connectivity index (χ0v) is 16.8. The highest BCUT2D eigenvalue weighted by molar-refractivity contribution is 5.80. The van der Waals surface area contributed by atoms with Gasteiger partial charge in [0, 0.05) is 18.3 Å². The van der Waals surface area contributed by atoms with Crippen molar-refractivity contribution in [1.82, 2.24) is 5.32 Å². The highest BCUT2D eigenvalue weighted by Crippen LogP contribution is 2.17. The molecular formula is C22H38N2O2. The fourth-order valence-corrected chi connectivity index (χ4v) is 2.79. The third kappa shape index (κ3) is 11.8. The average Bonchev–Trinajstić information content (AvgIpc) is 2.66. The Morgan fingerprint density at radius 1 is 0.923 bits per heavy atom. The molecule has 0 heterocycles. The van der Waals surface area contributed by atoms with Crippen LogP contribution in [0.2, 0.25) is 0 Å². The largest absolute Gasteiger partial charge is 0.494 e. The van der Waals surface area contributed by atoms with Gasteiger partial charge in [-0.2, -0.15) is 0 Å². The Hall–Kier alpha value is -1.71. The molecule has 0 fully saturated rings. The molecule has 0 spiro atoms. The van der Waals surface area contributed by atoms with Gasteiger partial charge in [0.05, 0.1) is 13.2 Å². The molecule has 4 nitrogen and oxygen atoms in total. The first-order valence-electron chi connectivity index (χ1n) is 10.5. The SMILES string of the molecule is CCCCCCCNC(=O)CNc1cccc(OCCCCCCC)c1. The summed E-state index contributed by atoms with van der Waals surface area (Å²) in [6.07, 6.45) is 12.2. The number of carbonyl (C=O) groups is 1. The highest BCUT2D eigenvalue weighted by atomic mass is 16.5. The van der Waals surface area contributed by atoms with Gasteiger partial charge in [0.2, 0.25) is 5.91 Å². The van der Waals surface area contributed by atoms with E-state index >= 15 is 0 Å². The maximum Gasteiger partial charge on any atom is 0.239 e. The Balaban J connectivity index is 2.15. The number of hydrogen-bond donors (Lipinski definition) is 2. The smallest absolute Gasteiger partial charge is 0.239 e. The lowest BCUT2D eigenvalue weighted by atomic mass is 10.1. The number of nitrogens with one attached hydrogen (secondary N) is 2. The normalized spacial score (nSPS) is 10.5. The van der Waals surface area contributed by atoms with Crippen molar-refractivity contribution >= 4 is 11.6 Å². The van der Waals surface area contributed by atoms with E-state index in [-0.39, 0.29) is 5.91 Å². The predicted molar refractivity (Wildman–Crippen MR) is 111 cm³/mol. The fourth-order valence-electron chi connectivity index (χ4n) is 2.79. The quantitative estimate of drug-likeness (QED) is 0.380. The van der Waals surface area contributed by atoms with Crippen molar-refractivity contribution in [2.24, 2.45) is 0 Å². The second-order valence-corrected chi connectivity index (χ2v) is 6.91. The topological polar surface area (TPSA) is 50.4 Å². The molecule has 0 aliphatic heterocycles. The van der Waals surface area contributed by atoms with Crippen molar-refractivity contribution < 1.29 is 9.53 Å². The summed E-state index contributed by atoms with van der Waals surface area (Å²) in [5.41, 5.74) is 0.923. The predicted octanol–water partition coefficient (Wildman–Crippen LogP) is 5.53. The van der Waals surface area contributed by atoms with Gasteiger partial charge in [-0.05, 0) is 25.0 Å². The number of carbonyl (C=O) groups excluding carboxylic acids is 1. The summed E-state index contributed by atoms with van der Waals surface area (Å²) in [4.78, 5) is 11.9. The molecule has 26 heavy (non-hydrogen) atoms. The number of anilines is 1. The van der Waals surface area contributed by atoms with Crippen LogP contribution in [-0.4, -0.2) is 25.6 Å². The molecule has 2 N–H and O–H groups in total. The van der Waals surface area contributed by atoms with E-state index < -0.39 is 0 Å². The Morgan fingerprint density at radius 2 is 1.62 bits per heavy atom. The van der Waals surface area contributed by atoms with E-state index in [0.717, 1.165) is 37.4 Å². The van der Waals surface area contributed by atoms with E-state index in [9.17, 15) is 4.79 Å². The zero-order chi connectivity index (χ0) is 18.9. The van der Waals surface area contributed by atoms with Crippen LogP contribution < -0.4 is 15.4 Å². The third-order valence-electron chi connectivity index (χ3n) is 4.41. The molecule has 1 aromatic rings. The molecule has 0 unspecified atom stereocenters. The van der Waals surface area contributed by atoms with Gasteiger partial charge in [-0.1, -0.05) is 71.3 Å². The lowest BCUT2D eigenvalue weighted by molar-refractivity contribution is -0.119. The lowest BCUT2D eigenvalue weighted by Crippen LogP contribution is -2.30. The van der Waals surface area contributed by atoms with E-state index in [1.165, 1.54) is 51.4 Å². The minimum absolute atomic E-state index is 0.0442. The number of rotatable bonds is 16. The molecular weight excluding hydrogens is 324 g/mol. The maximum absolute atomic E-state index is 11.9. The van der Waals surface area contributed by atoms with Crippen molar-refractivity contribution in [2.75, 3.05) is 25.0 Å². The van der Waals surface area contributed by atoms with Gasteiger partial charge >= 0.3 is 0 Å². The van der Waals surface area contributed by atoms with Crippen LogP contribution in [0.3, 0.4) is 0 Å². The Bertz CT molecular complexity index is 477. The Labute approximate surface area is 160 Å². The summed E-state index contributed by atoms with van der Waals surface area (Å²) in [7, 11) is 0. The summed E-state index contributed by atoms with van der Waals surface area (Å²) in [6, 6.07) is 7.85. The summed E-state index contributed by atoms with van der Waals surface area (Å²) in [5.74, 6) is 0.907. The molecule has 0 saturated heterocycles. The lowest BCUT2D eigenvalue weighted by Gasteiger charge is -2.10. The average molecular weight is 363 g/mol. The van der Waals surface area contributed by atoms with Crippen molar-refractivity contribution in [3.05, 3.63) is 24.3 Å². The molecule has 0 aliphatic carbocycles. The molecule has 0 aliphatic rings. The summed E-state index contributed by atoms with van der Waals surface area (Å²) in [5, 5.41) is 6.14. The number of unbranched alkanes of at least 4 members (excludes halogenated alkanes) is 8. The van der Waals surface area contributed by atoms with E-state index in [2.05, 4.69) is 24.5 Å². The summed E-state index contributed by atoms with van der Waals surface area (Å²) in [6.45, 7) is 6.26. The van der Waals surface area contributed by atoms with Crippen LogP contribution in [0.1, 0.15) is 78.1 Å². The second kappa shape index (κ2) is 15.5. The molecule has 0 radical (unpaired) electrons. The first-order chi connectivity index (χ1) is 12.8. The number of benzene rings is 1. The molecule has 0 atom stereocenters. The van der Waals surface area contributed by atoms with Gasteiger partial charge in [0.1, 0.15) is 5.75 Å². The maximum atomic E-state index is 11.9. The van der Waals surface area contributed by atoms with E-state index in [1.807, 2.05) is 24.3 Å². The molecule has 0 aromatic heterocycles. The Morgan fingerprint density at radius 3 is 2.35 bits per heavy atom. The molecule has 148 valence electrons. The molecule has 1 amide bonds. The van der Waals surface area contributed by atoms with Crippen LogP contribution in [-0.2, 0) is 4.79 Å². The van der Waals surface area contributed by atoms with E-state index in [1.54, 1.807) is 0 Å². The van der Waals surface area contributed by atoms with Crippen LogP contribution in [0.4, 0.5) is 5.69 Å². The minimum Gasteiger partial charge on any atom is -0.494 e. The molecule has 4 heteroatoms. The van der Waals surface area contributed by atoms with Gasteiger partial charge < -0.3 is 15.4 Å². The van der Waals surface area contributed by atoms with Gasteiger partial charge in [-0.3, -0.25) is 4.79 Å². The molecule has 1 rings (SSSR count). The number of ether oxygens (including phenoxy) is 1. The molecule has 0 bridgehead atoms. The first kappa shape index (κ1) is 22.3. The molecule has 0 saturated carbocycles.